The molecule has 1 unspecified atom stereocenters. The predicted molar refractivity (Wildman–Crippen MR) is 63.5 cm³/mol. The molecule has 0 saturated carbocycles. The van der Waals surface area contributed by atoms with Crippen LogP contribution in [0.3, 0.4) is 0 Å². The molecule has 1 atom stereocenters. The number of fused-ring (bicyclic) bond motifs is 1. The minimum absolute atomic E-state index is 0.131. The van der Waals surface area contributed by atoms with Gasteiger partial charge in [0.25, 0.3) is 0 Å². The number of hydrogen-bond acceptors (Lipinski definition) is 2. The zero-order valence-electron chi connectivity index (χ0n) is 8.57. The summed E-state index contributed by atoms with van der Waals surface area (Å²) >= 11 is 1.83. The first kappa shape index (κ1) is 9.96. The lowest BCUT2D eigenvalue weighted by Crippen LogP contribution is -2.21. The van der Waals surface area contributed by atoms with Gasteiger partial charge in [0.2, 0.25) is 0 Å². The summed E-state index contributed by atoms with van der Waals surface area (Å²) in [5.41, 5.74) is 1.26. The minimum Gasteiger partial charge on any atom is -0.306 e. The van der Waals surface area contributed by atoms with Crippen LogP contribution in [0.25, 0.3) is 11.0 Å². The molecule has 3 rings (SSSR count). The molecule has 1 fully saturated rings. The van der Waals surface area contributed by atoms with Crippen LogP contribution in [-0.4, -0.2) is 21.1 Å². The van der Waals surface area contributed by atoms with Crippen molar-refractivity contribution in [2.75, 3.05) is 11.5 Å². The summed E-state index contributed by atoms with van der Waals surface area (Å²) in [5.74, 6) is 1.70. The third-order valence-electron chi connectivity index (χ3n) is 2.95. The zero-order valence-corrected chi connectivity index (χ0v) is 9.39. The maximum Gasteiger partial charge on any atom is 0.326 e. The van der Waals surface area contributed by atoms with E-state index in [2.05, 4.69) is 4.98 Å². The molecule has 0 bridgehead atoms. The van der Waals surface area contributed by atoms with E-state index in [0.29, 0.717) is 11.0 Å². The summed E-state index contributed by atoms with van der Waals surface area (Å²) in [6.07, 6.45) is 0.980. The maximum absolute atomic E-state index is 13.2. The molecule has 5 heteroatoms. The normalized spacial score (nSPS) is 20.7. The van der Waals surface area contributed by atoms with Crippen LogP contribution in [0.2, 0.25) is 0 Å². The van der Waals surface area contributed by atoms with E-state index < -0.39 is 0 Å². The Balaban J connectivity index is 2.25. The van der Waals surface area contributed by atoms with E-state index in [9.17, 15) is 9.18 Å². The van der Waals surface area contributed by atoms with Gasteiger partial charge in [-0.05, 0) is 30.4 Å². The van der Waals surface area contributed by atoms with Crippen LogP contribution >= 0.6 is 11.8 Å². The average molecular weight is 238 g/mol. The number of thioether (sulfide) groups is 1. The second-order valence-electron chi connectivity index (χ2n) is 3.98. The summed E-state index contributed by atoms with van der Waals surface area (Å²) in [4.78, 5) is 14.6. The molecule has 0 amide bonds. The number of imidazole rings is 1. The van der Waals surface area contributed by atoms with Crippen molar-refractivity contribution in [3.63, 3.8) is 0 Å². The molecule has 2 heterocycles. The topological polar surface area (TPSA) is 37.8 Å². The van der Waals surface area contributed by atoms with Crippen LogP contribution in [0.4, 0.5) is 4.39 Å². The van der Waals surface area contributed by atoms with Gasteiger partial charge in [-0.3, -0.25) is 4.57 Å². The van der Waals surface area contributed by atoms with Gasteiger partial charge in [-0.1, -0.05) is 0 Å². The van der Waals surface area contributed by atoms with Gasteiger partial charge in [-0.25, -0.2) is 9.18 Å². The van der Waals surface area contributed by atoms with E-state index in [-0.39, 0.29) is 17.5 Å². The highest BCUT2D eigenvalue weighted by atomic mass is 32.2. The molecule has 1 N–H and O–H groups in total. The lowest BCUT2D eigenvalue weighted by molar-refractivity contribution is 0.557. The number of benzene rings is 1. The standard InChI is InChI=1S/C11H11FN2OS/c12-7-1-2-9-10(5-7)14(11(15)13-9)8-3-4-16-6-8/h1-2,5,8H,3-4,6H2,(H,13,15). The molecule has 0 radical (unpaired) electrons. The Bertz CT molecular complexity index is 583. The average Bonchev–Trinajstić information content (AvgIpc) is 2.83. The van der Waals surface area contributed by atoms with Crippen LogP contribution in [-0.2, 0) is 0 Å². The molecular formula is C11H11FN2OS. The molecule has 3 nitrogen and oxygen atoms in total. The fraction of sp³-hybridized carbons (Fsp3) is 0.364. The van der Waals surface area contributed by atoms with Crippen LogP contribution in [0.1, 0.15) is 12.5 Å². The number of rotatable bonds is 1. The largest absolute Gasteiger partial charge is 0.326 e. The molecule has 0 aliphatic carbocycles. The van der Waals surface area contributed by atoms with Gasteiger partial charge >= 0.3 is 5.69 Å². The lowest BCUT2D eigenvalue weighted by Gasteiger charge is -2.10. The van der Waals surface area contributed by atoms with Crippen LogP contribution < -0.4 is 5.69 Å². The van der Waals surface area contributed by atoms with Crippen molar-refractivity contribution in [1.29, 1.82) is 0 Å². The van der Waals surface area contributed by atoms with E-state index >= 15 is 0 Å². The Labute approximate surface area is 95.7 Å². The van der Waals surface area contributed by atoms with Gasteiger partial charge in [-0.15, -0.1) is 0 Å². The fourth-order valence-corrected chi connectivity index (χ4v) is 3.38. The van der Waals surface area contributed by atoms with Gasteiger partial charge in [0.15, 0.2) is 0 Å². The van der Waals surface area contributed by atoms with Crippen molar-refractivity contribution in [2.24, 2.45) is 0 Å². The summed E-state index contributed by atoms with van der Waals surface area (Å²) in [7, 11) is 0. The molecule has 84 valence electrons. The molecule has 16 heavy (non-hydrogen) atoms. The second kappa shape index (κ2) is 3.66. The number of halogens is 1. The zero-order chi connectivity index (χ0) is 11.1. The van der Waals surface area contributed by atoms with E-state index in [1.165, 1.54) is 12.1 Å². The third kappa shape index (κ3) is 1.46. The van der Waals surface area contributed by atoms with Crippen LogP contribution in [0.15, 0.2) is 23.0 Å². The van der Waals surface area contributed by atoms with Gasteiger partial charge in [0, 0.05) is 11.8 Å². The second-order valence-corrected chi connectivity index (χ2v) is 5.13. The number of nitrogens with one attached hydrogen (secondary N) is 1. The summed E-state index contributed by atoms with van der Waals surface area (Å²) in [6, 6.07) is 4.61. The Morgan fingerprint density at radius 1 is 1.50 bits per heavy atom. The highest BCUT2D eigenvalue weighted by Gasteiger charge is 2.21. The number of hydrogen-bond donors (Lipinski definition) is 1. The van der Waals surface area contributed by atoms with E-state index in [0.717, 1.165) is 17.9 Å². The predicted octanol–water partition coefficient (Wildman–Crippen LogP) is 2.15. The quantitative estimate of drug-likeness (QED) is 0.826. The van der Waals surface area contributed by atoms with E-state index in [1.807, 2.05) is 11.8 Å². The SMILES string of the molecule is O=c1[nH]c2ccc(F)cc2n1C1CCSC1. The van der Waals surface area contributed by atoms with Crippen molar-refractivity contribution in [1.82, 2.24) is 9.55 Å². The van der Waals surface area contributed by atoms with Crippen molar-refractivity contribution < 1.29 is 4.39 Å². The van der Waals surface area contributed by atoms with Crippen molar-refractivity contribution in [2.45, 2.75) is 12.5 Å². The molecule has 2 aromatic rings. The van der Waals surface area contributed by atoms with E-state index in [1.54, 1.807) is 10.6 Å². The maximum atomic E-state index is 13.2. The van der Waals surface area contributed by atoms with Gasteiger partial charge in [-0.2, -0.15) is 11.8 Å². The number of H-pyrrole nitrogens is 1. The van der Waals surface area contributed by atoms with Gasteiger partial charge in [0.1, 0.15) is 5.82 Å². The summed E-state index contributed by atoms with van der Waals surface area (Å²) in [6.45, 7) is 0. The van der Waals surface area contributed by atoms with Crippen molar-refractivity contribution in [3.05, 3.63) is 34.5 Å². The van der Waals surface area contributed by atoms with Crippen LogP contribution in [0.5, 0.6) is 0 Å². The third-order valence-corrected chi connectivity index (χ3v) is 4.10. The lowest BCUT2D eigenvalue weighted by atomic mass is 10.2. The monoisotopic (exact) mass is 238 g/mol. The molecule has 0 spiro atoms. The molecule has 1 aliphatic heterocycles. The van der Waals surface area contributed by atoms with Crippen molar-refractivity contribution in [3.8, 4) is 0 Å². The molecule has 1 aliphatic rings. The van der Waals surface area contributed by atoms with E-state index in [4.69, 9.17) is 0 Å². The number of aromatic amines is 1. The summed E-state index contributed by atoms with van der Waals surface area (Å²) < 4.78 is 14.9. The molecule has 1 aromatic carbocycles. The first-order valence-corrected chi connectivity index (χ1v) is 6.39. The number of nitrogens with zero attached hydrogens (tertiary/aromatic N) is 1. The highest BCUT2D eigenvalue weighted by molar-refractivity contribution is 7.99. The Morgan fingerprint density at radius 3 is 3.12 bits per heavy atom. The van der Waals surface area contributed by atoms with Crippen LogP contribution in [0, 0.1) is 5.82 Å². The fourth-order valence-electron chi connectivity index (χ4n) is 2.18. The summed E-state index contributed by atoms with van der Waals surface area (Å²) in [5, 5.41) is 0. The molecule has 1 saturated heterocycles. The minimum atomic E-state index is -0.300. The molecular weight excluding hydrogens is 227 g/mol. The Hall–Kier alpha value is -1.23. The smallest absolute Gasteiger partial charge is 0.306 e. The van der Waals surface area contributed by atoms with Crippen molar-refractivity contribution >= 4 is 22.8 Å². The first-order chi connectivity index (χ1) is 7.75. The first-order valence-electron chi connectivity index (χ1n) is 5.23. The Morgan fingerprint density at radius 2 is 2.38 bits per heavy atom. The highest BCUT2D eigenvalue weighted by Crippen LogP contribution is 2.29. The Kier molecular flexibility index (Phi) is 2.28. The number of aromatic nitrogens is 2. The van der Waals surface area contributed by atoms with Gasteiger partial charge < -0.3 is 4.98 Å². The molecule has 1 aromatic heterocycles. The van der Waals surface area contributed by atoms with Gasteiger partial charge in [0.05, 0.1) is 11.0 Å².